The van der Waals surface area contributed by atoms with Gasteiger partial charge in [0, 0.05) is 4.75 Å². The largest absolute Gasteiger partial charge is 0.267 e. The second-order valence-corrected chi connectivity index (χ2v) is 6.84. The average molecular weight is 239 g/mol. The van der Waals surface area contributed by atoms with Crippen LogP contribution in [-0.4, -0.2) is 9.12 Å². The van der Waals surface area contributed by atoms with Crippen molar-refractivity contribution in [2.24, 2.45) is 4.99 Å². The summed E-state index contributed by atoms with van der Waals surface area (Å²) in [7, 11) is 0. The molecule has 0 aliphatic heterocycles. The van der Waals surface area contributed by atoms with Gasteiger partial charge in [-0.2, -0.15) is 0 Å². The molecule has 0 radical (unpaired) electrons. The van der Waals surface area contributed by atoms with Gasteiger partial charge in [-0.25, -0.2) is 0 Å². The Morgan fingerprint density at radius 2 is 1.87 bits per heavy atom. The lowest BCUT2D eigenvalue weighted by molar-refractivity contribution is 0.809. The second-order valence-electron chi connectivity index (χ2n) is 4.30. The van der Waals surface area contributed by atoms with E-state index in [2.05, 4.69) is 50.5 Å². The number of thiol groups is 1. The van der Waals surface area contributed by atoms with Crippen LogP contribution in [0.25, 0.3) is 0 Å². The van der Waals surface area contributed by atoms with Gasteiger partial charge in [-0.3, -0.25) is 4.99 Å². The van der Waals surface area contributed by atoms with E-state index in [1.165, 1.54) is 5.56 Å². The van der Waals surface area contributed by atoms with Crippen LogP contribution in [0.15, 0.2) is 35.3 Å². The monoisotopic (exact) mass is 239 g/mol. The van der Waals surface area contributed by atoms with Crippen LogP contribution in [0.2, 0.25) is 0 Å². The van der Waals surface area contributed by atoms with Crippen molar-refractivity contribution in [1.82, 2.24) is 0 Å². The molecule has 0 amide bonds. The zero-order valence-electron chi connectivity index (χ0n) is 9.40. The van der Waals surface area contributed by atoms with Crippen molar-refractivity contribution >= 4 is 28.8 Å². The first-order valence-electron chi connectivity index (χ1n) is 4.94. The molecule has 0 fully saturated rings. The number of thioether (sulfide) groups is 1. The van der Waals surface area contributed by atoms with Crippen LogP contribution in [0.4, 0.5) is 0 Å². The van der Waals surface area contributed by atoms with E-state index in [1.54, 1.807) is 11.8 Å². The molecule has 82 valence electrons. The minimum absolute atomic E-state index is 0.178. The van der Waals surface area contributed by atoms with Crippen LogP contribution in [0.1, 0.15) is 26.3 Å². The van der Waals surface area contributed by atoms with Crippen molar-refractivity contribution in [1.29, 1.82) is 0 Å². The van der Waals surface area contributed by atoms with Gasteiger partial charge in [-0.05, 0) is 5.56 Å². The van der Waals surface area contributed by atoms with Crippen LogP contribution in [0.5, 0.6) is 0 Å². The van der Waals surface area contributed by atoms with E-state index in [0.717, 1.165) is 4.38 Å². The summed E-state index contributed by atoms with van der Waals surface area (Å²) in [5, 5.41) is 0. The van der Waals surface area contributed by atoms with Gasteiger partial charge in [0.25, 0.3) is 0 Å². The molecule has 0 saturated heterocycles. The van der Waals surface area contributed by atoms with Crippen molar-refractivity contribution in [2.75, 3.05) is 0 Å². The fourth-order valence-electron chi connectivity index (χ4n) is 1.05. The minimum Gasteiger partial charge on any atom is -0.267 e. The predicted molar refractivity (Wildman–Crippen MR) is 73.9 cm³/mol. The highest BCUT2D eigenvalue weighted by Crippen LogP contribution is 2.26. The summed E-state index contributed by atoms with van der Waals surface area (Å²) < 4.78 is 1.03. The van der Waals surface area contributed by atoms with Gasteiger partial charge in [0.15, 0.2) is 0 Å². The molecule has 0 atom stereocenters. The molecule has 1 rings (SSSR count). The molecular formula is C12H17NS2. The molecule has 0 bridgehead atoms. The van der Waals surface area contributed by atoms with Gasteiger partial charge in [0.2, 0.25) is 0 Å². The molecule has 0 aliphatic rings. The molecule has 15 heavy (non-hydrogen) atoms. The van der Waals surface area contributed by atoms with Gasteiger partial charge in [0.1, 0.15) is 4.38 Å². The van der Waals surface area contributed by atoms with E-state index in [0.29, 0.717) is 6.54 Å². The quantitative estimate of drug-likeness (QED) is 0.467. The molecule has 0 aromatic heterocycles. The van der Waals surface area contributed by atoms with Crippen LogP contribution in [0.3, 0.4) is 0 Å². The highest BCUT2D eigenvalue weighted by molar-refractivity contribution is 8.33. The smallest absolute Gasteiger partial charge is 0.122 e. The van der Waals surface area contributed by atoms with Crippen molar-refractivity contribution in [2.45, 2.75) is 32.1 Å². The zero-order chi connectivity index (χ0) is 11.3. The molecule has 0 spiro atoms. The third kappa shape index (κ3) is 5.90. The topological polar surface area (TPSA) is 12.4 Å². The molecule has 0 aliphatic carbocycles. The van der Waals surface area contributed by atoms with Crippen LogP contribution in [0, 0.1) is 0 Å². The molecule has 1 nitrogen and oxygen atoms in total. The summed E-state index contributed by atoms with van der Waals surface area (Å²) in [6, 6.07) is 10.2. The predicted octanol–water partition coefficient (Wildman–Crippen LogP) is 4.00. The number of rotatable bonds is 2. The summed E-state index contributed by atoms with van der Waals surface area (Å²) in [6.45, 7) is 7.19. The molecule has 0 saturated carbocycles. The second kappa shape index (κ2) is 5.61. The van der Waals surface area contributed by atoms with Gasteiger partial charge in [-0.15, -0.1) is 12.6 Å². The maximum absolute atomic E-state index is 4.42. The molecular weight excluding hydrogens is 222 g/mol. The molecule has 1 aromatic rings. The van der Waals surface area contributed by atoms with Crippen molar-refractivity contribution < 1.29 is 0 Å². The first-order chi connectivity index (χ1) is 6.97. The van der Waals surface area contributed by atoms with E-state index in [-0.39, 0.29) is 4.75 Å². The summed E-state index contributed by atoms with van der Waals surface area (Å²) in [5.74, 6) is 0. The SMILES string of the molecule is CC(C)(C)SC(S)=NCc1ccccc1. The van der Waals surface area contributed by atoms with Crippen molar-refractivity contribution in [3.05, 3.63) is 35.9 Å². The third-order valence-electron chi connectivity index (χ3n) is 1.64. The highest BCUT2D eigenvalue weighted by Gasteiger charge is 2.12. The Labute approximate surface area is 102 Å². The van der Waals surface area contributed by atoms with Crippen molar-refractivity contribution in [3.8, 4) is 0 Å². The number of benzene rings is 1. The zero-order valence-corrected chi connectivity index (χ0v) is 11.1. The lowest BCUT2D eigenvalue weighted by Gasteiger charge is -2.16. The average Bonchev–Trinajstić information content (AvgIpc) is 2.14. The fraction of sp³-hybridized carbons (Fsp3) is 0.417. The Kier molecular flexibility index (Phi) is 4.74. The summed E-state index contributed by atoms with van der Waals surface area (Å²) in [5.41, 5.74) is 1.22. The van der Waals surface area contributed by atoms with E-state index in [1.807, 2.05) is 18.2 Å². The minimum atomic E-state index is 0.178. The lowest BCUT2D eigenvalue weighted by atomic mass is 10.2. The van der Waals surface area contributed by atoms with Gasteiger partial charge in [-0.1, -0.05) is 62.9 Å². The molecule has 0 N–H and O–H groups in total. The molecule has 0 heterocycles. The maximum Gasteiger partial charge on any atom is 0.122 e. The maximum atomic E-state index is 4.42. The van der Waals surface area contributed by atoms with E-state index in [4.69, 9.17) is 0 Å². The first kappa shape index (κ1) is 12.7. The Hall–Kier alpha value is -0.410. The summed E-state index contributed by atoms with van der Waals surface area (Å²) in [6.07, 6.45) is 0. The Bertz CT molecular complexity index is 325. The van der Waals surface area contributed by atoms with E-state index < -0.39 is 0 Å². The van der Waals surface area contributed by atoms with Gasteiger partial charge >= 0.3 is 0 Å². The third-order valence-corrected chi connectivity index (χ3v) is 2.98. The Morgan fingerprint density at radius 1 is 1.27 bits per heavy atom. The normalized spacial score (nSPS) is 12.9. The molecule has 1 aromatic carbocycles. The summed E-state index contributed by atoms with van der Waals surface area (Å²) >= 11 is 6.06. The highest BCUT2D eigenvalue weighted by atomic mass is 32.2. The number of aliphatic imine (C=N–C) groups is 1. The summed E-state index contributed by atoms with van der Waals surface area (Å²) in [4.78, 5) is 4.42. The standard InChI is InChI=1S/C12H17NS2/c1-12(2,3)15-11(14)13-9-10-7-5-4-6-8-10/h4-8H,9H2,1-3H3,(H,13,14). The van der Waals surface area contributed by atoms with E-state index in [9.17, 15) is 0 Å². The van der Waals surface area contributed by atoms with Crippen LogP contribution >= 0.6 is 24.4 Å². The number of hydrogen-bond acceptors (Lipinski definition) is 2. The lowest BCUT2D eigenvalue weighted by Crippen LogP contribution is -2.09. The van der Waals surface area contributed by atoms with E-state index >= 15 is 0 Å². The fourth-order valence-corrected chi connectivity index (χ4v) is 2.62. The van der Waals surface area contributed by atoms with Crippen LogP contribution < -0.4 is 0 Å². The van der Waals surface area contributed by atoms with Gasteiger partial charge in [0.05, 0.1) is 6.54 Å². The molecule has 3 heteroatoms. The molecule has 0 unspecified atom stereocenters. The van der Waals surface area contributed by atoms with Crippen LogP contribution in [-0.2, 0) is 6.54 Å². The van der Waals surface area contributed by atoms with Gasteiger partial charge < -0.3 is 0 Å². The Balaban J connectivity index is 2.51. The Morgan fingerprint density at radius 3 is 2.40 bits per heavy atom. The number of nitrogens with zero attached hydrogens (tertiary/aromatic N) is 1. The first-order valence-corrected chi connectivity index (χ1v) is 6.20. The van der Waals surface area contributed by atoms with Crippen molar-refractivity contribution in [3.63, 3.8) is 0 Å². The number of hydrogen-bond donors (Lipinski definition) is 1.